The van der Waals surface area contributed by atoms with Gasteiger partial charge in [0.25, 0.3) is 0 Å². The Morgan fingerprint density at radius 2 is 2.11 bits per heavy atom. The fourth-order valence-corrected chi connectivity index (χ4v) is 2.27. The summed E-state index contributed by atoms with van der Waals surface area (Å²) in [6, 6.07) is 6.57. The van der Waals surface area contributed by atoms with Crippen LogP contribution in [-0.4, -0.2) is 0 Å². The molecule has 0 fully saturated rings. The summed E-state index contributed by atoms with van der Waals surface area (Å²) in [5.41, 5.74) is 4.54. The molecule has 2 rings (SSSR count). The number of halogens is 2. The van der Waals surface area contributed by atoms with Crippen molar-refractivity contribution in [3.05, 3.63) is 57.8 Å². The number of furan rings is 1. The van der Waals surface area contributed by atoms with E-state index in [1.165, 1.54) is 6.07 Å². The van der Waals surface area contributed by atoms with Gasteiger partial charge in [-0.15, -0.1) is 0 Å². The van der Waals surface area contributed by atoms with Crippen LogP contribution in [0.2, 0.25) is 5.02 Å². The van der Waals surface area contributed by atoms with Crippen molar-refractivity contribution in [3.8, 4) is 0 Å². The zero-order chi connectivity index (χ0) is 14.0. The molecule has 0 aliphatic rings. The van der Waals surface area contributed by atoms with Crippen LogP contribution >= 0.6 is 11.6 Å². The predicted molar refractivity (Wildman–Crippen MR) is 73.4 cm³/mol. The molecule has 0 amide bonds. The van der Waals surface area contributed by atoms with E-state index in [1.54, 1.807) is 12.1 Å². The van der Waals surface area contributed by atoms with Crippen molar-refractivity contribution < 1.29 is 8.81 Å². The molecule has 1 aromatic heterocycles. The first-order valence-electron chi connectivity index (χ1n) is 5.98. The molecule has 0 saturated heterocycles. The number of nitrogens with two attached hydrogens (primary N) is 1. The van der Waals surface area contributed by atoms with Gasteiger partial charge in [-0.2, -0.15) is 0 Å². The molecule has 19 heavy (non-hydrogen) atoms. The van der Waals surface area contributed by atoms with Crippen LogP contribution in [0.25, 0.3) is 0 Å². The third-order valence-corrected chi connectivity index (χ3v) is 3.39. The Labute approximate surface area is 116 Å². The molecule has 0 bridgehead atoms. The van der Waals surface area contributed by atoms with E-state index in [-0.39, 0.29) is 11.1 Å². The number of benzene rings is 1. The van der Waals surface area contributed by atoms with E-state index in [1.807, 2.05) is 19.9 Å². The second kappa shape index (κ2) is 5.74. The molecular weight excluding hydrogens is 267 g/mol. The lowest BCUT2D eigenvalue weighted by atomic mass is 9.99. The SMILES string of the molecule is Cc1cc(C(Cc2ccc(Cl)c(F)c2)NN)c(C)o1. The Balaban J connectivity index is 2.23. The molecule has 0 aliphatic carbocycles. The summed E-state index contributed by atoms with van der Waals surface area (Å²) < 4.78 is 18.9. The van der Waals surface area contributed by atoms with Gasteiger partial charge in [0, 0.05) is 5.56 Å². The van der Waals surface area contributed by atoms with Gasteiger partial charge in [-0.25, -0.2) is 4.39 Å². The fraction of sp³-hybridized carbons (Fsp3) is 0.286. The summed E-state index contributed by atoms with van der Waals surface area (Å²) >= 11 is 5.67. The zero-order valence-electron chi connectivity index (χ0n) is 10.8. The van der Waals surface area contributed by atoms with E-state index in [9.17, 15) is 4.39 Å². The van der Waals surface area contributed by atoms with Crippen LogP contribution in [0.15, 0.2) is 28.7 Å². The van der Waals surface area contributed by atoms with E-state index in [2.05, 4.69) is 5.43 Å². The topological polar surface area (TPSA) is 51.2 Å². The second-order valence-electron chi connectivity index (χ2n) is 4.54. The molecule has 1 heterocycles. The quantitative estimate of drug-likeness (QED) is 0.667. The minimum absolute atomic E-state index is 0.122. The first-order valence-corrected chi connectivity index (χ1v) is 6.36. The number of rotatable bonds is 4. The van der Waals surface area contributed by atoms with Crippen molar-refractivity contribution in [2.24, 2.45) is 5.84 Å². The van der Waals surface area contributed by atoms with Gasteiger partial charge < -0.3 is 4.42 Å². The van der Waals surface area contributed by atoms with E-state index in [4.69, 9.17) is 21.9 Å². The minimum atomic E-state index is -0.421. The smallest absolute Gasteiger partial charge is 0.142 e. The van der Waals surface area contributed by atoms with Crippen molar-refractivity contribution in [1.29, 1.82) is 0 Å². The number of nitrogens with one attached hydrogen (secondary N) is 1. The lowest BCUT2D eigenvalue weighted by molar-refractivity contribution is 0.484. The van der Waals surface area contributed by atoms with Gasteiger partial charge in [-0.3, -0.25) is 11.3 Å². The summed E-state index contributed by atoms with van der Waals surface area (Å²) in [6.45, 7) is 3.77. The molecule has 0 radical (unpaired) electrons. The summed E-state index contributed by atoms with van der Waals surface area (Å²) in [4.78, 5) is 0. The van der Waals surface area contributed by atoms with Gasteiger partial charge in [0.15, 0.2) is 0 Å². The largest absolute Gasteiger partial charge is 0.466 e. The zero-order valence-corrected chi connectivity index (χ0v) is 11.6. The van der Waals surface area contributed by atoms with Crippen molar-refractivity contribution in [3.63, 3.8) is 0 Å². The summed E-state index contributed by atoms with van der Waals surface area (Å²) in [5, 5.41) is 0.122. The fourth-order valence-electron chi connectivity index (χ4n) is 2.16. The predicted octanol–water partition coefficient (Wildman–Crippen LogP) is 3.44. The van der Waals surface area contributed by atoms with Gasteiger partial charge in [-0.05, 0) is 44.0 Å². The van der Waals surface area contributed by atoms with Gasteiger partial charge in [-0.1, -0.05) is 17.7 Å². The van der Waals surface area contributed by atoms with Crippen molar-refractivity contribution >= 4 is 11.6 Å². The first-order chi connectivity index (χ1) is 9.01. The van der Waals surface area contributed by atoms with Crippen LogP contribution in [0.1, 0.15) is 28.7 Å². The van der Waals surface area contributed by atoms with Crippen LogP contribution < -0.4 is 11.3 Å². The number of hydrogen-bond acceptors (Lipinski definition) is 3. The highest BCUT2D eigenvalue weighted by Gasteiger charge is 2.17. The maximum atomic E-state index is 13.4. The van der Waals surface area contributed by atoms with Gasteiger partial charge >= 0.3 is 0 Å². The van der Waals surface area contributed by atoms with Crippen LogP contribution in [-0.2, 0) is 6.42 Å². The second-order valence-corrected chi connectivity index (χ2v) is 4.95. The number of hydrazine groups is 1. The Morgan fingerprint density at radius 1 is 1.37 bits per heavy atom. The standard InChI is InChI=1S/C14H16ClFN2O/c1-8-5-11(9(2)19-8)14(18-17)7-10-3-4-12(15)13(16)6-10/h3-6,14,18H,7,17H2,1-2H3. The lowest BCUT2D eigenvalue weighted by Gasteiger charge is -2.15. The molecule has 3 nitrogen and oxygen atoms in total. The molecule has 2 aromatic rings. The van der Waals surface area contributed by atoms with E-state index < -0.39 is 5.82 Å². The van der Waals surface area contributed by atoms with Crippen LogP contribution in [0, 0.1) is 19.7 Å². The Kier molecular flexibility index (Phi) is 4.24. The van der Waals surface area contributed by atoms with Gasteiger partial charge in [0.05, 0.1) is 11.1 Å². The highest BCUT2D eigenvalue weighted by molar-refractivity contribution is 6.30. The van der Waals surface area contributed by atoms with Crippen molar-refractivity contribution in [2.75, 3.05) is 0 Å². The van der Waals surface area contributed by atoms with Crippen LogP contribution in [0.5, 0.6) is 0 Å². The van der Waals surface area contributed by atoms with Crippen molar-refractivity contribution in [1.82, 2.24) is 5.43 Å². The average molecular weight is 283 g/mol. The molecule has 1 unspecified atom stereocenters. The highest BCUT2D eigenvalue weighted by atomic mass is 35.5. The third kappa shape index (κ3) is 3.15. The van der Waals surface area contributed by atoms with Crippen molar-refractivity contribution in [2.45, 2.75) is 26.3 Å². The Hall–Kier alpha value is -1.36. The summed E-state index contributed by atoms with van der Waals surface area (Å²) in [6.07, 6.45) is 0.560. The molecule has 1 atom stereocenters. The summed E-state index contributed by atoms with van der Waals surface area (Å²) in [5.74, 6) is 6.81. The van der Waals surface area contributed by atoms with E-state index in [0.717, 1.165) is 22.6 Å². The Morgan fingerprint density at radius 3 is 2.63 bits per heavy atom. The van der Waals surface area contributed by atoms with E-state index in [0.29, 0.717) is 6.42 Å². The highest BCUT2D eigenvalue weighted by Crippen LogP contribution is 2.25. The molecule has 3 N–H and O–H groups in total. The third-order valence-electron chi connectivity index (χ3n) is 3.08. The minimum Gasteiger partial charge on any atom is -0.466 e. The maximum absolute atomic E-state index is 13.4. The molecule has 5 heteroatoms. The first kappa shape index (κ1) is 14.1. The molecular formula is C14H16ClFN2O. The molecule has 0 saturated carbocycles. The maximum Gasteiger partial charge on any atom is 0.142 e. The molecule has 0 aliphatic heterocycles. The molecule has 1 aromatic carbocycles. The Bertz CT molecular complexity index is 583. The van der Waals surface area contributed by atoms with Crippen LogP contribution in [0.3, 0.4) is 0 Å². The number of hydrogen-bond donors (Lipinski definition) is 2. The monoisotopic (exact) mass is 282 g/mol. The van der Waals surface area contributed by atoms with Gasteiger partial charge in [0.2, 0.25) is 0 Å². The lowest BCUT2D eigenvalue weighted by Crippen LogP contribution is -2.29. The van der Waals surface area contributed by atoms with Crippen LogP contribution in [0.4, 0.5) is 4.39 Å². The molecule has 102 valence electrons. The normalized spacial score (nSPS) is 12.7. The number of aryl methyl sites for hydroxylation is 2. The van der Waals surface area contributed by atoms with E-state index >= 15 is 0 Å². The molecule has 0 spiro atoms. The average Bonchev–Trinajstić information content (AvgIpc) is 2.70. The summed E-state index contributed by atoms with van der Waals surface area (Å²) in [7, 11) is 0. The van der Waals surface area contributed by atoms with Gasteiger partial charge in [0.1, 0.15) is 17.3 Å².